The summed E-state index contributed by atoms with van der Waals surface area (Å²) >= 11 is 0. The number of nitrogens with one attached hydrogen (secondary N) is 1. The monoisotopic (exact) mass is 391 g/mol. The molecule has 0 radical (unpaired) electrons. The topological polar surface area (TPSA) is 99.1 Å². The molecule has 3 heterocycles. The number of hydrogen-bond acceptors (Lipinski definition) is 8. The fourth-order valence-corrected chi connectivity index (χ4v) is 3.38. The molecule has 0 spiro atoms. The highest BCUT2D eigenvalue weighted by Gasteiger charge is 2.17. The van der Waals surface area contributed by atoms with Crippen molar-refractivity contribution in [1.82, 2.24) is 20.3 Å². The largest absolute Gasteiger partial charge is 0.496 e. The molecule has 0 saturated carbocycles. The summed E-state index contributed by atoms with van der Waals surface area (Å²) in [4.78, 5) is 8.96. The summed E-state index contributed by atoms with van der Waals surface area (Å²) in [5.74, 6) is 2.65. The van der Waals surface area contributed by atoms with Crippen LogP contribution >= 0.6 is 0 Å². The van der Waals surface area contributed by atoms with Gasteiger partial charge in [-0.05, 0) is 52.0 Å². The van der Waals surface area contributed by atoms with Crippen LogP contribution in [0.1, 0.15) is 22.9 Å². The van der Waals surface area contributed by atoms with Gasteiger partial charge in [-0.3, -0.25) is 0 Å². The lowest BCUT2D eigenvalue weighted by Crippen LogP contribution is -1.99. The molecule has 0 saturated heterocycles. The molecule has 148 valence electrons. The van der Waals surface area contributed by atoms with Crippen molar-refractivity contribution in [2.75, 3.05) is 12.4 Å². The molecule has 1 aromatic carbocycles. The van der Waals surface area contributed by atoms with E-state index in [1.165, 1.54) is 0 Å². The molecule has 0 unspecified atom stereocenters. The average Bonchev–Trinajstić information content (AvgIpc) is 3.22. The second-order valence-electron chi connectivity index (χ2n) is 6.70. The van der Waals surface area contributed by atoms with Crippen molar-refractivity contribution in [1.29, 1.82) is 0 Å². The van der Waals surface area contributed by atoms with E-state index in [1.54, 1.807) is 13.3 Å². The Kier molecular flexibility index (Phi) is 4.75. The lowest BCUT2D eigenvalue weighted by Gasteiger charge is -2.12. The van der Waals surface area contributed by atoms with E-state index >= 15 is 0 Å². The zero-order valence-corrected chi connectivity index (χ0v) is 16.9. The van der Waals surface area contributed by atoms with E-state index in [1.807, 2.05) is 52.0 Å². The first-order valence-electron chi connectivity index (χ1n) is 9.12. The first-order valence-corrected chi connectivity index (χ1v) is 9.12. The first-order chi connectivity index (χ1) is 14.0. The third-order valence-corrected chi connectivity index (χ3v) is 4.70. The van der Waals surface area contributed by atoms with E-state index in [0.29, 0.717) is 5.95 Å². The lowest BCUT2D eigenvalue weighted by molar-refractivity contribution is 0.393. The van der Waals surface area contributed by atoms with Crippen LogP contribution in [0.4, 0.5) is 11.6 Å². The van der Waals surface area contributed by atoms with Gasteiger partial charge in [-0.2, -0.15) is 0 Å². The van der Waals surface area contributed by atoms with Crippen molar-refractivity contribution in [2.24, 2.45) is 0 Å². The minimum Gasteiger partial charge on any atom is -0.496 e. The molecule has 0 aliphatic rings. The number of ether oxygens (including phenoxy) is 1. The highest BCUT2D eigenvalue weighted by molar-refractivity contribution is 5.78. The van der Waals surface area contributed by atoms with E-state index in [2.05, 4.69) is 25.6 Å². The summed E-state index contributed by atoms with van der Waals surface area (Å²) in [6.07, 6.45) is 1.70. The number of aryl methyl sites for hydroxylation is 4. The van der Waals surface area contributed by atoms with Crippen LogP contribution < -0.4 is 10.1 Å². The molecule has 0 amide bonds. The van der Waals surface area contributed by atoms with Crippen molar-refractivity contribution in [3.05, 3.63) is 53.4 Å². The fourth-order valence-electron chi connectivity index (χ4n) is 3.38. The molecule has 0 bridgehead atoms. The van der Waals surface area contributed by atoms with E-state index in [4.69, 9.17) is 13.8 Å². The van der Waals surface area contributed by atoms with Gasteiger partial charge < -0.3 is 19.1 Å². The summed E-state index contributed by atoms with van der Waals surface area (Å²) in [6.45, 7) is 7.54. The van der Waals surface area contributed by atoms with Gasteiger partial charge in [0.2, 0.25) is 5.95 Å². The molecule has 0 aliphatic carbocycles. The second-order valence-corrected chi connectivity index (χ2v) is 6.70. The Labute approximate surface area is 167 Å². The zero-order valence-electron chi connectivity index (χ0n) is 16.9. The van der Waals surface area contributed by atoms with Gasteiger partial charge in [-0.25, -0.2) is 9.97 Å². The Morgan fingerprint density at radius 3 is 2.21 bits per heavy atom. The normalized spacial score (nSPS) is 10.9. The van der Waals surface area contributed by atoms with Crippen LogP contribution in [0.5, 0.6) is 5.75 Å². The summed E-state index contributed by atoms with van der Waals surface area (Å²) < 4.78 is 16.1. The molecule has 1 N–H and O–H groups in total. The van der Waals surface area contributed by atoms with Crippen LogP contribution in [-0.4, -0.2) is 27.4 Å². The van der Waals surface area contributed by atoms with Crippen molar-refractivity contribution in [2.45, 2.75) is 27.7 Å². The summed E-state index contributed by atoms with van der Waals surface area (Å²) in [7, 11) is 1.64. The molecule has 3 aromatic heterocycles. The van der Waals surface area contributed by atoms with Crippen LogP contribution in [0.3, 0.4) is 0 Å². The molecule has 8 nitrogen and oxygen atoms in total. The number of methoxy groups -OCH3 is 1. The van der Waals surface area contributed by atoms with Gasteiger partial charge in [0.1, 0.15) is 17.3 Å². The number of anilines is 2. The number of hydrogen-bond donors (Lipinski definition) is 1. The third kappa shape index (κ3) is 3.44. The lowest BCUT2D eigenvalue weighted by atomic mass is 10.0. The standard InChI is InChI=1S/C21H21N5O3/c1-11-19(13(3)28-25-11)16-10-15(6-7-18(16)27-5)23-21-22-9-8-17(24-21)20-12(2)26-29-14(20)4/h6-10H,1-5H3,(H,22,23,24). The number of benzene rings is 1. The van der Waals surface area contributed by atoms with Gasteiger partial charge >= 0.3 is 0 Å². The molecule has 29 heavy (non-hydrogen) atoms. The Morgan fingerprint density at radius 1 is 0.897 bits per heavy atom. The van der Waals surface area contributed by atoms with Crippen molar-refractivity contribution in [3.63, 3.8) is 0 Å². The summed E-state index contributed by atoms with van der Waals surface area (Å²) in [6, 6.07) is 7.60. The van der Waals surface area contributed by atoms with Crippen LogP contribution in [0.25, 0.3) is 22.4 Å². The summed E-state index contributed by atoms with van der Waals surface area (Å²) in [5, 5.41) is 11.3. The smallest absolute Gasteiger partial charge is 0.227 e. The highest BCUT2D eigenvalue weighted by atomic mass is 16.5. The number of aromatic nitrogens is 4. The average molecular weight is 391 g/mol. The Morgan fingerprint density at radius 2 is 1.59 bits per heavy atom. The summed E-state index contributed by atoms with van der Waals surface area (Å²) in [5.41, 5.74) is 5.83. The van der Waals surface area contributed by atoms with E-state index < -0.39 is 0 Å². The van der Waals surface area contributed by atoms with Crippen LogP contribution in [0, 0.1) is 27.7 Å². The van der Waals surface area contributed by atoms with Crippen LogP contribution in [0.15, 0.2) is 39.5 Å². The Balaban J connectivity index is 1.71. The predicted molar refractivity (Wildman–Crippen MR) is 108 cm³/mol. The Bertz CT molecular complexity index is 1140. The number of rotatable bonds is 5. The quantitative estimate of drug-likeness (QED) is 0.519. The van der Waals surface area contributed by atoms with Crippen LogP contribution in [-0.2, 0) is 0 Å². The first kappa shape index (κ1) is 18.7. The van der Waals surface area contributed by atoms with Crippen LogP contribution in [0.2, 0.25) is 0 Å². The molecular formula is C21H21N5O3. The molecular weight excluding hydrogens is 370 g/mol. The van der Waals surface area contributed by atoms with E-state index in [0.717, 1.165) is 56.7 Å². The van der Waals surface area contributed by atoms with Gasteiger partial charge in [0.15, 0.2) is 0 Å². The Hall–Kier alpha value is -3.68. The minimum atomic E-state index is 0.470. The maximum atomic E-state index is 5.53. The second kappa shape index (κ2) is 7.38. The van der Waals surface area contributed by atoms with Gasteiger partial charge in [-0.1, -0.05) is 10.3 Å². The van der Waals surface area contributed by atoms with E-state index in [-0.39, 0.29) is 0 Å². The number of nitrogens with zero attached hydrogens (tertiary/aromatic N) is 4. The SMILES string of the molecule is COc1ccc(Nc2nccc(-c3c(C)noc3C)n2)cc1-c1c(C)noc1C. The maximum Gasteiger partial charge on any atom is 0.227 e. The molecule has 4 rings (SSSR count). The van der Waals surface area contributed by atoms with Gasteiger partial charge in [-0.15, -0.1) is 0 Å². The maximum absolute atomic E-state index is 5.53. The third-order valence-electron chi connectivity index (χ3n) is 4.70. The van der Waals surface area contributed by atoms with Gasteiger partial charge in [0.05, 0.1) is 35.3 Å². The van der Waals surface area contributed by atoms with Gasteiger partial charge in [0, 0.05) is 17.4 Å². The van der Waals surface area contributed by atoms with Crippen molar-refractivity contribution in [3.8, 4) is 28.1 Å². The van der Waals surface area contributed by atoms with Crippen molar-refractivity contribution >= 4 is 11.6 Å². The molecule has 0 atom stereocenters. The van der Waals surface area contributed by atoms with Crippen molar-refractivity contribution < 1.29 is 13.8 Å². The molecule has 0 aliphatic heterocycles. The molecule has 0 fully saturated rings. The highest BCUT2D eigenvalue weighted by Crippen LogP contribution is 2.37. The minimum absolute atomic E-state index is 0.470. The van der Waals surface area contributed by atoms with E-state index in [9.17, 15) is 0 Å². The molecule has 4 aromatic rings. The fraction of sp³-hybridized carbons (Fsp3) is 0.238. The molecule has 8 heteroatoms. The zero-order chi connectivity index (χ0) is 20.5. The predicted octanol–water partition coefficient (Wildman–Crippen LogP) is 4.77. The van der Waals surface area contributed by atoms with Gasteiger partial charge in [0.25, 0.3) is 0 Å².